The van der Waals surface area contributed by atoms with Crippen LogP contribution in [0.15, 0.2) is 24.3 Å². The first-order chi connectivity index (χ1) is 10.2. The van der Waals surface area contributed by atoms with Crippen molar-refractivity contribution < 1.29 is 15.0 Å². The van der Waals surface area contributed by atoms with E-state index < -0.39 is 6.09 Å². The number of aryl methyl sites for hydroxylation is 1. The summed E-state index contributed by atoms with van der Waals surface area (Å²) in [5, 5.41) is 19.6. The van der Waals surface area contributed by atoms with Gasteiger partial charge in [0.25, 0.3) is 0 Å². The van der Waals surface area contributed by atoms with Crippen LogP contribution in [0, 0.1) is 0 Å². The van der Waals surface area contributed by atoms with E-state index in [1.807, 2.05) is 12.1 Å². The third-order valence-corrected chi connectivity index (χ3v) is 4.64. The predicted octanol–water partition coefficient (Wildman–Crippen LogP) is 1.72. The highest BCUT2D eigenvalue weighted by Crippen LogP contribution is 2.34. The van der Waals surface area contributed by atoms with Gasteiger partial charge in [0.2, 0.25) is 0 Å². The Morgan fingerprint density at radius 1 is 1.14 bits per heavy atom. The summed E-state index contributed by atoms with van der Waals surface area (Å²) in [4.78, 5) is 14.8. The number of carboxylic acid groups (broad SMARTS) is 1. The van der Waals surface area contributed by atoms with Crippen LogP contribution < -0.4 is 0 Å². The van der Waals surface area contributed by atoms with E-state index in [1.54, 1.807) is 0 Å². The molecule has 5 nitrogen and oxygen atoms in total. The Morgan fingerprint density at radius 2 is 1.95 bits per heavy atom. The summed E-state index contributed by atoms with van der Waals surface area (Å²) in [5.74, 6) is 0. The van der Waals surface area contributed by atoms with E-state index in [4.69, 9.17) is 5.11 Å². The zero-order chi connectivity index (χ0) is 14.8. The van der Waals surface area contributed by atoms with Crippen molar-refractivity contribution in [1.29, 1.82) is 0 Å². The highest BCUT2D eigenvalue weighted by Gasteiger charge is 2.33. The van der Waals surface area contributed by atoms with E-state index in [0.29, 0.717) is 19.6 Å². The van der Waals surface area contributed by atoms with Gasteiger partial charge >= 0.3 is 6.09 Å². The lowest BCUT2D eigenvalue weighted by molar-refractivity contribution is 0.0374. The number of fused-ring (bicyclic) bond motifs is 1. The van der Waals surface area contributed by atoms with E-state index in [-0.39, 0.29) is 12.1 Å². The maximum absolute atomic E-state index is 11.1. The van der Waals surface area contributed by atoms with Gasteiger partial charge in [-0.15, -0.1) is 0 Å². The molecule has 1 aromatic carbocycles. The van der Waals surface area contributed by atoms with Crippen LogP contribution in [0.25, 0.3) is 0 Å². The Labute approximate surface area is 124 Å². The molecular formula is C16H22N2O3. The molecule has 1 aliphatic heterocycles. The molecule has 1 aromatic rings. The number of amides is 1. The van der Waals surface area contributed by atoms with Crippen LogP contribution in [0.3, 0.4) is 0 Å². The number of aliphatic hydroxyl groups is 1. The fourth-order valence-electron chi connectivity index (χ4n) is 3.57. The molecule has 2 N–H and O–H groups in total. The van der Waals surface area contributed by atoms with Crippen LogP contribution in [0.1, 0.15) is 30.0 Å². The van der Waals surface area contributed by atoms with E-state index in [0.717, 1.165) is 25.8 Å². The third-order valence-electron chi connectivity index (χ3n) is 4.64. The monoisotopic (exact) mass is 290 g/mol. The highest BCUT2D eigenvalue weighted by molar-refractivity contribution is 5.64. The Kier molecular flexibility index (Phi) is 4.12. The summed E-state index contributed by atoms with van der Waals surface area (Å²) in [5.41, 5.74) is 2.52. The summed E-state index contributed by atoms with van der Waals surface area (Å²) in [7, 11) is 0. The summed E-state index contributed by atoms with van der Waals surface area (Å²) in [6.45, 7) is 2.61. The molecule has 0 radical (unpaired) electrons. The van der Waals surface area contributed by atoms with Gasteiger partial charge in [0.1, 0.15) is 0 Å². The Morgan fingerprint density at radius 3 is 2.76 bits per heavy atom. The van der Waals surface area contributed by atoms with Crippen LogP contribution in [-0.4, -0.2) is 58.4 Å². The zero-order valence-electron chi connectivity index (χ0n) is 12.1. The summed E-state index contributed by atoms with van der Waals surface area (Å²) in [6, 6.07) is 8.30. The molecule has 3 rings (SSSR count). The molecule has 1 saturated heterocycles. The Bertz CT molecular complexity index is 520. The Balaban J connectivity index is 1.81. The minimum Gasteiger partial charge on any atom is -0.465 e. The molecule has 0 saturated carbocycles. The lowest BCUT2D eigenvalue weighted by Crippen LogP contribution is -2.42. The number of rotatable bonds is 1. The quantitative estimate of drug-likeness (QED) is 0.826. The summed E-state index contributed by atoms with van der Waals surface area (Å²) >= 11 is 0. The van der Waals surface area contributed by atoms with Gasteiger partial charge in [0.05, 0.1) is 12.1 Å². The topological polar surface area (TPSA) is 64.0 Å². The first-order valence-corrected chi connectivity index (χ1v) is 7.64. The molecule has 1 heterocycles. The van der Waals surface area contributed by atoms with Gasteiger partial charge in [0.15, 0.2) is 0 Å². The van der Waals surface area contributed by atoms with Crippen LogP contribution >= 0.6 is 0 Å². The molecule has 2 atom stereocenters. The highest BCUT2D eigenvalue weighted by atomic mass is 16.4. The predicted molar refractivity (Wildman–Crippen MR) is 79.3 cm³/mol. The molecule has 1 fully saturated rings. The second-order valence-electron chi connectivity index (χ2n) is 5.91. The summed E-state index contributed by atoms with van der Waals surface area (Å²) in [6.07, 6.45) is 1.30. The second-order valence-corrected chi connectivity index (χ2v) is 5.91. The number of aliphatic hydroxyl groups excluding tert-OH is 1. The molecule has 0 spiro atoms. The van der Waals surface area contributed by atoms with E-state index in [1.165, 1.54) is 16.0 Å². The average Bonchev–Trinajstić information content (AvgIpc) is 2.73. The normalized spacial score (nSPS) is 27.0. The average molecular weight is 290 g/mol. The van der Waals surface area contributed by atoms with Crippen LogP contribution in [-0.2, 0) is 6.42 Å². The SMILES string of the molecule is O=C(O)N1CCCN(C2c3ccccc3CCC2O)CC1. The van der Waals surface area contributed by atoms with Crippen LogP contribution in [0.5, 0.6) is 0 Å². The van der Waals surface area contributed by atoms with Crippen LogP contribution in [0.4, 0.5) is 4.79 Å². The fourth-order valence-corrected chi connectivity index (χ4v) is 3.57. The van der Waals surface area contributed by atoms with E-state index in [9.17, 15) is 9.90 Å². The maximum Gasteiger partial charge on any atom is 0.407 e. The largest absolute Gasteiger partial charge is 0.465 e. The minimum atomic E-state index is -0.846. The lowest BCUT2D eigenvalue weighted by Gasteiger charge is -2.38. The number of benzene rings is 1. The van der Waals surface area contributed by atoms with Crippen molar-refractivity contribution in [1.82, 2.24) is 9.80 Å². The number of carbonyl (C=O) groups is 1. The first kappa shape index (κ1) is 14.4. The molecule has 0 bridgehead atoms. The minimum absolute atomic E-state index is 0.00342. The summed E-state index contributed by atoms with van der Waals surface area (Å²) < 4.78 is 0. The first-order valence-electron chi connectivity index (χ1n) is 7.64. The molecule has 0 aromatic heterocycles. The molecule has 1 aliphatic carbocycles. The smallest absolute Gasteiger partial charge is 0.407 e. The van der Waals surface area contributed by atoms with Gasteiger partial charge in [-0.2, -0.15) is 0 Å². The van der Waals surface area contributed by atoms with Crippen molar-refractivity contribution in [3.63, 3.8) is 0 Å². The van der Waals surface area contributed by atoms with Gasteiger partial charge in [-0.1, -0.05) is 24.3 Å². The molecule has 2 aliphatic rings. The van der Waals surface area contributed by atoms with Gasteiger partial charge in [0, 0.05) is 26.2 Å². The van der Waals surface area contributed by atoms with Gasteiger partial charge in [-0.05, 0) is 30.4 Å². The third kappa shape index (κ3) is 2.89. The van der Waals surface area contributed by atoms with Crippen molar-refractivity contribution in [3.8, 4) is 0 Å². The van der Waals surface area contributed by atoms with Crippen molar-refractivity contribution >= 4 is 6.09 Å². The maximum atomic E-state index is 11.1. The van der Waals surface area contributed by atoms with Gasteiger partial charge < -0.3 is 15.1 Å². The van der Waals surface area contributed by atoms with Gasteiger partial charge in [-0.25, -0.2) is 4.79 Å². The molecular weight excluding hydrogens is 268 g/mol. The molecule has 2 unspecified atom stereocenters. The van der Waals surface area contributed by atoms with Crippen molar-refractivity contribution in [3.05, 3.63) is 35.4 Å². The standard InChI is InChI=1S/C16H22N2O3/c19-14-7-6-12-4-1-2-5-13(12)15(14)17-8-3-9-18(11-10-17)16(20)21/h1-2,4-5,14-15,19H,3,6-11H2,(H,20,21). The molecule has 114 valence electrons. The lowest BCUT2D eigenvalue weighted by atomic mass is 9.84. The number of nitrogens with zero attached hydrogens (tertiary/aromatic N) is 2. The van der Waals surface area contributed by atoms with E-state index in [2.05, 4.69) is 17.0 Å². The number of hydrogen-bond acceptors (Lipinski definition) is 3. The molecule has 5 heteroatoms. The van der Waals surface area contributed by atoms with Gasteiger partial charge in [-0.3, -0.25) is 4.90 Å². The van der Waals surface area contributed by atoms with Crippen molar-refractivity contribution in [2.45, 2.75) is 31.4 Å². The second kappa shape index (κ2) is 6.03. The molecule has 1 amide bonds. The zero-order valence-corrected chi connectivity index (χ0v) is 12.1. The fraction of sp³-hybridized carbons (Fsp3) is 0.562. The Hall–Kier alpha value is -1.59. The molecule has 21 heavy (non-hydrogen) atoms. The van der Waals surface area contributed by atoms with Crippen molar-refractivity contribution in [2.75, 3.05) is 26.2 Å². The van der Waals surface area contributed by atoms with E-state index >= 15 is 0 Å². The number of hydrogen-bond donors (Lipinski definition) is 2. The van der Waals surface area contributed by atoms with Crippen molar-refractivity contribution in [2.24, 2.45) is 0 Å². The van der Waals surface area contributed by atoms with Crippen LogP contribution in [0.2, 0.25) is 0 Å².